The Hall–Kier alpha value is -2.44. The summed E-state index contributed by atoms with van der Waals surface area (Å²) in [5.74, 6) is 1.19. The van der Waals surface area contributed by atoms with E-state index >= 15 is 0 Å². The fraction of sp³-hybridized carbons (Fsp3) is 0.462. The summed E-state index contributed by atoms with van der Waals surface area (Å²) in [6.45, 7) is 8.42. The quantitative estimate of drug-likeness (QED) is 0.380. The summed E-state index contributed by atoms with van der Waals surface area (Å²) in [6.07, 6.45) is 6.41. The van der Waals surface area contributed by atoms with Crippen molar-refractivity contribution in [3.63, 3.8) is 0 Å². The highest BCUT2D eigenvalue weighted by atomic mass is 32.1. The number of carbonyl (C=O) groups excluding carboxylic acids is 1. The average molecular weight is 454 g/mol. The third-order valence-electron chi connectivity index (χ3n) is 5.37. The Morgan fingerprint density at radius 1 is 1.06 bits per heavy atom. The van der Waals surface area contributed by atoms with E-state index in [1.54, 1.807) is 11.3 Å². The number of unbranched alkanes of at least 4 members (excludes halogenated alkanes) is 1. The molecule has 1 aliphatic heterocycles. The predicted molar refractivity (Wildman–Crippen MR) is 134 cm³/mol. The fourth-order valence-corrected chi connectivity index (χ4v) is 4.38. The Morgan fingerprint density at radius 3 is 2.56 bits per heavy atom. The standard InChI is InChI=1S/C18H20N2OS.C8H15NO/c1-2-12-19-13-11-14-7-9-15(10-8-14)21-18-20-16-5-3-4-6-17(16)22-18;1-2-3-6-9-7-4-5-8(9)10/h3-10,19H,2,11-13H2,1H3;2-7H2,1H3. The van der Waals surface area contributed by atoms with Crippen LogP contribution in [0.3, 0.4) is 0 Å². The van der Waals surface area contributed by atoms with Crippen molar-refractivity contribution in [3.05, 3.63) is 54.1 Å². The molecular formula is C26H35N3O2S. The highest BCUT2D eigenvalue weighted by molar-refractivity contribution is 7.20. The van der Waals surface area contributed by atoms with Gasteiger partial charge in [0.15, 0.2) is 0 Å². The third-order valence-corrected chi connectivity index (χ3v) is 6.29. The number of hydrogen-bond donors (Lipinski definition) is 1. The highest BCUT2D eigenvalue weighted by Crippen LogP contribution is 2.31. The Balaban J connectivity index is 0.000000243. The first-order chi connectivity index (χ1) is 15.7. The molecule has 2 aromatic carbocycles. The van der Waals surface area contributed by atoms with Crippen molar-refractivity contribution < 1.29 is 9.53 Å². The molecule has 1 aliphatic rings. The SMILES string of the molecule is CCCCN1CCCC1=O.CCCNCCc1ccc(Oc2nc3ccccc3s2)cc1. The number of nitrogens with zero attached hydrogens (tertiary/aromatic N) is 2. The largest absolute Gasteiger partial charge is 0.431 e. The molecule has 0 bridgehead atoms. The molecular weight excluding hydrogens is 418 g/mol. The average Bonchev–Trinajstić information content (AvgIpc) is 3.42. The normalized spacial score (nSPS) is 13.3. The highest BCUT2D eigenvalue weighted by Gasteiger charge is 2.18. The molecule has 6 heteroatoms. The maximum absolute atomic E-state index is 11.0. The molecule has 3 aromatic rings. The van der Waals surface area contributed by atoms with Gasteiger partial charge in [0, 0.05) is 19.5 Å². The Morgan fingerprint density at radius 2 is 1.88 bits per heavy atom. The van der Waals surface area contributed by atoms with Crippen molar-refractivity contribution in [3.8, 4) is 10.9 Å². The summed E-state index contributed by atoms with van der Waals surface area (Å²) in [7, 11) is 0. The van der Waals surface area contributed by atoms with E-state index in [1.165, 1.54) is 18.4 Å². The van der Waals surface area contributed by atoms with E-state index in [0.717, 1.165) is 67.8 Å². The van der Waals surface area contributed by atoms with Crippen LogP contribution in [0.25, 0.3) is 10.2 Å². The van der Waals surface area contributed by atoms with Crippen LogP contribution in [0.1, 0.15) is 51.5 Å². The van der Waals surface area contributed by atoms with Gasteiger partial charge in [0.25, 0.3) is 5.19 Å². The molecule has 0 unspecified atom stereocenters. The van der Waals surface area contributed by atoms with Crippen LogP contribution in [0.5, 0.6) is 10.9 Å². The van der Waals surface area contributed by atoms with Crippen molar-refractivity contribution in [2.45, 2.75) is 52.4 Å². The van der Waals surface area contributed by atoms with E-state index in [-0.39, 0.29) is 0 Å². The van der Waals surface area contributed by atoms with Gasteiger partial charge in [-0.15, -0.1) is 0 Å². The molecule has 0 radical (unpaired) electrons. The van der Waals surface area contributed by atoms with Gasteiger partial charge in [-0.1, -0.05) is 55.9 Å². The molecule has 2 heterocycles. The number of ether oxygens (including phenoxy) is 1. The lowest BCUT2D eigenvalue weighted by atomic mass is 10.1. The fourth-order valence-electron chi connectivity index (χ4n) is 3.54. The Kier molecular flexibility index (Phi) is 9.98. The van der Waals surface area contributed by atoms with Gasteiger partial charge < -0.3 is 15.0 Å². The minimum absolute atomic E-state index is 0.355. The van der Waals surface area contributed by atoms with Gasteiger partial charge in [0.05, 0.1) is 10.2 Å². The topological polar surface area (TPSA) is 54.5 Å². The van der Waals surface area contributed by atoms with E-state index in [4.69, 9.17) is 4.74 Å². The minimum Gasteiger partial charge on any atom is -0.431 e. The number of aromatic nitrogens is 1. The van der Waals surface area contributed by atoms with Crippen molar-refractivity contribution in [1.82, 2.24) is 15.2 Å². The number of para-hydroxylation sites is 1. The summed E-state index contributed by atoms with van der Waals surface area (Å²) < 4.78 is 7.00. The van der Waals surface area contributed by atoms with Gasteiger partial charge in [-0.3, -0.25) is 4.79 Å². The summed E-state index contributed by atoms with van der Waals surface area (Å²) in [6, 6.07) is 16.4. The molecule has 0 atom stereocenters. The lowest BCUT2D eigenvalue weighted by molar-refractivity contribution is -0.127. The van der Waals surface area contributed by atoms with Crippen LogP contribution >= 0.6 is 11.3 Å². The van der Waals surface area contributed by atoms with Crippen LogP contribution in [0.4, 0.5) is 0 Å². The number of hydrogen-bond acceptors (Lipinski definition) is 5. The smallest absolute Gasteiger partial charge is 0.279 e. The summed E-state index contributed by atoms with van der Waals surface area (Å²) in [5, 5.41) is 4.11. The van der Waals surface area contributed by atoms with Crippen molar-refractivity contribution in [2.24, 2.45) is 0 Å². The van der Waals surface area contributed by atoms with Crippen molar-refractivity contribution >= 4 is 27.5 Å². The van der Waals surface area contributed by atoms with E-state index in [0.29, 0.717) is 11.1 Å². The summed E-state index contributed by atoms with van der Waals surface area (Å²) in [5.41, 5.74) is 2.31. The zero-order valence-corrected chi connectivity index (χ0v) is 20.1. The monoisotopic (exact) mass is 453 g/mol. The lowest BCUT2D eigenvalue weighted by Crippen LogP contribution is -2.25. The zero-order chi connectivity index (χ0) is 22.6. The number of rotatable bonds is 10. The van der Waals surface area contributed by atoms with Gasteiger partial charge in [-0.2, -0.15) is 0 Å². The van der Waals surface area contributed by atoms with Crippen LogP contribution in [-0.4, -0.2) is 42.0 Å². The van der Waals surface area contributed by atoms with E-state index in [2.05, 4.69) is 42.3 Å². The van der Waals surface area contributed by atoms with Crippen LogP contribution in [0.15, 0.2) is 48.5 Å². The number of thiazole rings is 1. The third kappa shape index (κ3) is 7.61. The number of benzene rings is 2. The summed E-state index contributed by atoms with van der Waals surface area (Å²) in [4.78, 5) is 17.5. The van der Waals surface area contributed by atoms with Gasteiger partial charge in [0.1, 0.15) is 5.75 Å². The second kappa shape index (κ2) is 13.2. The van der Waals surface area contributed by atoms with Gasteiger partial charge >= 0.3 is 0 Å². The van der Waals surface area contributed by atoms with Crippen LogP contribution in [0.2, 0.25) is 0 Å². The lowest BCUT2D eigenvalue weighted by Gasteiger charge is -2.13. The molecule has 0 aliphatic carbocycles. The first kappa shape index (κ1) is 24.2. The van der Waals surface area contributed by atoms with Crippen molar-refractivity contribution in [1.29, 1.82) is 0 Å². The molecule has 0 saturated carbocycles. The minimum atomic E-state index is 0.355. The molecule has 172 valence electrons. The van der Waals surface area contributed by atoms with Crippen LogP contribution in [0, 0.1) is 0 Å². The molecule has 0 spiro atoms. The molecule has 1 N–H and O–H groups in total. The number of amides is 1. The molecule has 32 heavy (non-hydrogen) atoms. The van der Waals surface area contributed by atoms with Gasteiger partial charge in [-0.05, 0) is 68.6 Å². The number of carbonyl (C=O) groups is 1. The molecule has 1 fully saturated rings. The first-order valence-corrected chi connectivity index (χ1v) is 12.6. The van der Waals surface area contributed by atoms with Crippen molar-refractivity contribution in [2.75, 3.05) is 26.2 Å². The first-order valence-electron chi connectivity index (χ1n) is 11.8. The molecule has 4 rings (SSSR count). The van der Waals surface area contributed by atoms with Gasteiger partial charge in [0.2, 0.25) is 5.91 Å². The molecule has 1 saturated heterocycles. The van der Waals surface area contributed by atoms with Gasteiger partial charge in [-0.25, -0.2) is 4.98 Å². The maximum Gasteiger partial charge on any atom is 0.279 e. The number of fused-ring (bicyclic) bond motifs is 1. The van der Waals surface area contributed by atoms with E-state index in [1.807, 2.05) is 35.2 Å². The Labute approximate surface area is 195 Å². The molecule has 1 aromatic heterocycles. The zero-order valence-electron chi connectivity index (χ0n) is 19.3. The van der Waals surface area contributed by atoms with E-state index < -0.39 is 0 Å². The molecule has 1 amide bonds. The van der Waals surface area contributed by atoms with Crippen LogP contribution < -0.4 is 10.1 Å². The molecule has 5 nitrogen and oxygen atoms in total. The maximum atomic E-state index is 11.0. The Bertz CT molecular complexity index is 922. The second-order valence-electron chi connectivity index (χ2n) is 8.03. The predicted octanol–water partition coefficient (Wildman–Crippen LogP) is 6.04. The van der Waals surface area contributed by atoms with E-state index in [9.17, 15) is 4.79 Å². The number of likely N-dealkylation sites (tertiary alicyclic amines) is 1. The van der Waals surface area contributed by atoms with Crippen LogP contribution in [-0.2, 0) is 11.2 Å². The summed E-state index contributed by atoms with van der Waals surface area (Å²) >= 11 is 1.57. The number of nitrogens with one attached hydrogen (secondary N) is 1. The second-order valence-corrected chi connectivity index (χ2v) is 9.02.